The van der Waals surface area contributed by atoms with Crippen molar-refractivity contribution in [2.75, 3.05) is 0 Å². The highest BCUT2D eigenvalue weighted by molar-refractivity contribution is 6.30. The molecule has 2 aromatic rings. The summed E-state index contributed by atoms with van der Waals surface area (Å²) in [6, 6.07) is 7.12. The molecule has 5 heteroatoms. The first kappa shape index (κ1) is 6.73. The van der Waals surface area contributed by atoms with Crippen molar-refractivity contribution in [1.82, 2.24) is 14.8 Å². The van der Waals surface area contributed by atoms with Crippen molar-refractivity contribution in [3.8, 4) is 6.07 Å². The lowest BCUT2D eigenvalue weighted by atomic mass is 9.77. The zero-order valence-corrected chi connectivity index (χ0v) is 11.1. The number of rotatable bonds is 6. The molecule has 1 atom stereocenters. The van der Waals surface area contributed by atoms with Crippen LogP contribution in [0.4, 0.5) is 0 Å². The summed E-state index contributed by atoms with van der Waals surface area (Å²) in [5.41, 5.74) is -2.39. The van der Waals surface area contributed by atoms with Crippen LogP contribution in [0.15, 0.2) is 36.9 Å². The van der Waals surface area contributed by atoms with Gasteiger partial charge in [0.2, 0.25) is 0 Å². The van der Waals surface area contributed by atoms with E-state index in [2.05, 4.69) is 10.1 Å². The molecular weight excluding hydrogens is 272 g/mol. The average Bonchev–Trinajstić information content (AvgIpc) is 3.12. The van der Waals surface area contributed by atoms with E-state index in [4.69, 9.17) is 23.9 Å². The van der Waals surface area contributed by atoms with Gasteiger partial charge in [-0.05, 0) is 24.1 Å². The third kappa shape index (κ3) is 3.17. The molecule has 0 saturated heterocycles. The van der Waals surface area contributed by atoms with Crippen LogP contribution in [-0.4, -0.2) is 14.8 Å². The normalized spacial score (nSPS) is 23.1. The van der Waals surface area contributed by atoms with Gasteiger partial charge in [-0.2, -0.15) is 10.4 Å². The van der Waals surface area contributed by atoms with Gasteiger partial charge in [0.25, 0.3) is 0 Å². The van der Waals surface area contributed by atoms with E-state index in [0.717, 1.165) is 11.0 Å². The number of benzene rings is 1. The zero-order valence-electron chi connectivity index (χ0n) is 19.3. The van der Waals surface area contributed by atoms with Gasteiger partial charge in [-0.15, -0.1) is 0 Å². The second-order valence-electron chi connectivity index (χ2n) is 3.99. The number of nitriles is 1. The summed E-state index contributed by atoms with van der Waals surface area (Å²) in [7, 11) is 0. The fraction of sp³-hybridized carbons (Fsp3) is 0.400. The maximum Gasteiger partial charge on any atom is 0.137 e. The molecule has 0 spiro atoms. The summed E-state index contributed by atoms with van der Waals surface area (Å²) in [5, 5.41) is 14.2. The molecule has 0 N–H and O–H groups in total. The summed E-state index contributed by atoms with van der Waals surface area (Å²) < 4.78 is 72.5. The summed E-state index contributed by atoms with van der Waals surface area (Å²) >= 11 is 5.87. The highest BCUT2D eigenvalue weighted by Crippen LogP contribution is 2.32. The number of aromatic nitrogens is 3. The number of hydrogen-bond donors (Lipinski definition) is 0. The maximum absolute atomic E-state index is 10.1. The molecule has 1 heterocycles. The minimum absolute atomic E-state index is 0.0184. The van der Waals surface area contributed by atoms with Crippen LogP contribution in [0.2, 0.25) is 5.02 Å². The van der Waals surface area contributed by atoms with Crippen LogP contribution in [0.5, 0.6) is 0 Å². The highest BCUT2D eigenvalue weighted by Gasteiger charge is 2.32. The van der Waals surface area contributed by atoms with E-state index in [1.165, 1.54) is 30.6 Å². The molecule has 0 saturated carbocycles. The van der Waals surface area contributed by atoms with Gasteiger partial charge in [-0.25, -0.2) is 4.98 Å². The summed E-state index contributed by atoms with van der Waals surface area (Å²) in [6.45, 7) is -4.03. The van der Waals surface area contributed by atoms with Gasteiger partial charge >= 0.3 is 0 Å². The second-order valence-corrected chi connectivity index (χ2v) is 4.43. The topological polar surface area (TPSA) is 54.5 Å². The summed E-state index contributed by atoms with van der Waals surface area (Å²) in [5.74, 6) is 0. The van der Waals surface area contributed by atoms with Crippen LogP contribution in [0.1, 0.15) is 43.9 Å². The van der Waals surface area contributed by atoms with Gasteiger partial charge in [0.05, 0.1) is 12.6 Å². The van der Waals surface area contributed by atoms with E-state index in [-0.39, 0.29) is 10.6 Å². The Balaban J connectivity index is 2.78. The third-order valence-corrected chi connectivity index (χ3v) is 2.98. The minimum atomic E-state index is -3.61. The van der Waals surface area contributed by atoms with E-state index >= 15 is 0 Å². The molecule has 0 aliphatic rings. The Morgan fingerprint density at radius 2 is 2.30 bits per heavy atom. The van der Waals surface area contributed by atoms with Crippen LogP contribution in [0, 0.1) is 11.3 Å². The fourth-order valence-electron chi connectivity index (χ4n) is 1.76. The Bertz CT molecular complexity index is 888. The lowest BCUT2D eigenvalue weighted by Crippen LogP contribution is -2.30. The SMILES string of the molecule is [2H]C([2H])([2H])C([2H])([2H])C([2H])([2H])C([2H])([2H])C(C#N)(Cn1cncn1)c1ccc(Cl)cc1. The molecule has 1 unspecified atom stereocenters. The molecule has 0 aliphatic carbocycles. The second kappa shape index (κ2) is 6.53. The van der Waals surface area contributed by atoms with E-state index in [9.17, 15) is 5.26 Å². The number of halogens is 1. The Morgan fingerprint density at radius 3 is 2.90 bits per heavy atom. The van der Waals surface area contributed by atoms with Gasteiger partial charge in [-0.1, -0.05) is 43.3 Å². The molecular formula is C15H17ClN4. The predicted molar refractivity (Wildman–Crippen MR) is 78.3 cm³/mol. The number of nitrogens with zero attached hydrogens (tertiary/aromatic N) is 4. The molecule has 0 radical (unpaired) electrons. The molecule has 20 heavy (non-hydrogen) atoms. The van der Waals surface area contributed by atoms with E-state index in [1.54, 1.807) is 6.07 Å². The van der Waals surface area contributed by atoms with Crippen molar-refractivity contribution in [1.29, 1.82) is 5.26 Å². The summed E-state index contributed by atoms with van der Waals surface area (Å²) in [4.78, 5) is 3.72. The molecule has 0 amide bonds. The molecule has 104 valence electrons. The predicted octanol–water partition coefficient (Wildman–Crippen LogP) is 3.58. The van der Waals surface area contributed by atoms with Crippen molar-refractivity contribution in [2.24, 2.45) is 0 Å². The van der Waals surface area contributed by atoms with Crippen molar-refractivity contribution < 1.29 is 12.3 Å². The van der Waals surface area contributed by atoms with E-state index < -0.39 is 37.9 Å². The number of hydrogen-bond acceptors (Lipinski definition) is 3. The first-order chi connectivity index (χ1) is 13.1. The fourth-order valence-corrected chi connectivity index (χ4v) is 1.89. The molecule has 2 rings (SSSR count). The summed E-state index contributed by atoms with van der Waals surface area (Å²) in [6.07, 6.45) is -8.23. The smallest absolute Gasteiger partial charge is 0.137 e. The molecule has 1 aromatic heterocycles. The molecule has 1 aromatic carbocycles. The third-order valence-electron chi connectivity index (χ3n) is 2.73. The molecule has 0 bridgehead atoms. The van der Waals surface area contributed by atoms with Gasteiger partial charge in [0, 0.05) is 17.4 Å². The Hall–Kier alpha value is -1.86. The molecule has 0 aliphatic heterocycles. The first-order valence-corrected chi connectivity index (χ1v) is 6.01. The lowest BCUT2D eigenvalue weighted by molar-refractivity contribution is 0.390. The van der Waals surface area contributed by atoms with Crippen LogP contribution in [0.25, 0.3) is 0 Å². The lowest BCUT2D eigenvalue weighted by Gasteiger charge is -2.27. The van der Waals surface area contributed by atoms with Gasteiger partial charge < -0.3 is 0 Å². The van der Waals surface area contributed by atoms with Gasteiger partial charge in [0.1, 0.15) is 18.1 Å². The van der Waals surface area contributed by atoms with Crippen LogP contribution in [0.3, 0.4) is 0 Å². The van der Waals surface area contributed by atoms with Gasteiger partial charge in [-0.3, -0.25) is 4.68 Å². The average molecular weight is 298 g/mol. The Morgan fingerprint density at radius 1 is 1.50 bits per heavy atom. The Kier molecular flexibility index (Phi) is 2.20. The standard InChI is InChI=1S/C15H17ClN4/c1-2-3-8-15(9-17,10-20-12-18-11-19-20)13-4-6-14(16)7-5-13/h4-7,11-12H,2-3,8,10H2,1H3/i1D3,2D2,3D2,8D2. The van der Waals surface area contributed by atoms with E-state index in [0.29, 0.717) is 0 Å². The van der Waals surface area contributed by atoms with Gasteiger partial charge in [0.15, 0.2) is 0 Å². The first-order valence-electron chi connectivity index (χ1n) is 10.1. The van der Waals surface area contributed by atoms with Crippen molar-refractivity contribution in [2.45, 2.75) is 37.9 Å². The highest BCUT2D eigenvalue weighted by atomic mass is 35.5. The van der Waals surface area contributed by atoms with E-state index in [1.807, 2.05) is 0 Å². The minimum Gasteiger partial charge on any atom is -0.251 e. The van der Waals surface area contributed by atoms with Crippen LogP contribution >= 0.6 is 11.6 Å². The van der Waals surface area contributed by atoms with Crippen LogP contribution < -0.4 is 0 Å². The monoisotopic (exact) mass is 297 g/mol. The zero-order chi connectivity index (χ0) is 22.3. The van der Waals surface area contributed by atoms with Crippen molar-refractivity contribution in [3.63, 3.8) is 0 Å². The maximum atomic E-state index is 10.1. The Labute approximate surface area is 136 Å². The van der Waals surface area contributed by atoms with Crippen molar-refractivity contribution >= 4 is 11.6 Å². The van der Waals surface area contributed by atoms with Crippen molar-refractivity contribution in [3.05, 3.63) is 47.5 Å². The quantitative estimate of drug-likeness (QED) is 0.819. The largest absolute Gasteiger partial charge is 0.251 e. The van der Waals surface area contributed by atoms with Crippen LogP contribution in [-0.2, 0) is 12.0 Å². The molecule has 4 nitrogen and oxygen atoms in total. The molecule has 0 fully saturated rings.